The highest BCUT2D eigenvalue weighted by Gasteiger charge is 2.56. The Morgan fingerprint density at radius 1 is 0.925 bits per heavy atom. The molecule has 0 bridgehead atoms. The molecule has 53 heavy (non-hydrogen) atoms. The predicted molar refractivity (Wildman–Crippen MR) is 201 cm³/mol. The molecule has 5 rings (SSSR count). The van der Waals surface area contributed by atoms with E-state index < -0.39 is 28.9 Å². The highest BCUT2D eigenvalue weighted by Crippen LogP contribution is 2.47. The van der Waals surface area contributed by atoms with Gasteiger partial charge in [0.05, 0.1) is 19.2 Å². The summed E-state index contributed by atoms with van der Waals surface area (Å²) in [5, 5.41) is 6.26. The van der Waals surface area contributed by atoms with Crippen molar-refractivity contribution in [2.24, 2.45) is 5.41 Å². The Balaban J connectivity index is 1.22. The van der Waals surface area contributed by atoms with E-state index in [9.17, 15) is 23.1 Å². The first-order valence-corrected chi connectivity index (χ1v) is 18.5. The van der Waals surface area contributed by atoms with Gasteiger partial charge in [-0.1, -0.05) is 43.9 Å². The number of aromatic nitrogens is 1. The molecular weight excluding hydrogens is 703 g/mol. The van der Waals surface area contributed by atoms with E-state index in [0.717, 1.165) is 31.2 Å². The monoisotopic (exact) mass is 747 g/mol. The molecule has 0 radical (unpaired) electrons. The molecule has 1 aliphatic rings. The number of methoxy groups -OCH3 is 1. The van der Waals surface area contributed by atoms with E-state index in [0.29, 0.717) is 53.0 Å². The van der Waals surface area contributed by atoms with Gasteiger partial charge in [0.25, 0.3) is 0 Å². The largest absolute Gasteiger partial charge is 0.493 e. The molecule has 1 aromatic heterocycles. The van der Waals surface area contributed by atoms with Gasteiger partial charge in [0.2, 0.25) is 23.1 Å². The van der Waals surface area contributed by atoms with E-state index in [4.69, 9.17) is 19.0 Å². The zero-order valence-corrected chi connectivity index (χ0v) is 31.0. The lowest BCUT2D eigenvalue weighted by Crippen LogP contribution is -2.37. The topological polar surface area (TPSA) is 178 Å². The van der Waals surface area contributed by atoms with Crippen LogP contribution in [0.1, 0.15) is 57.4 Å². The average molecular weight is 748 g/mol. The summed E-state index contributed by atoms with van der Waals surface area (Å²) in [6.45, 7) is 4.12. The van der Waals surface area contributed by atoms with Gasteiger partial charge in [-0.2, -0.15) is 5.48 Å². The van der Waals surface area contributed by atoms with Crippen molar-refractivity contribution in [1.82, 2.24) is 14.8 Å². The summed E-state index contributed by atoms with van der Waals surface area (Å²) in [7, 11) is 2.91. The van der Waals surface area contributed by atoms with Gasteiger partial charge in [-0.15, -0.1) is 0 Å². The number of hydroxylamine groups is 1. The highest BCUT2D eigenvalue weighted by molar-refractivity contribution is 7.76. The van der Waals surface area contributed by atoms with Crippen LogP contribution in [0.15, 0.2) is 72.9 Å². The van der Waals surface area contributed by atoms with Crippen LogP contribution >= 0.6 is 0 Å². The van der Waals surface area contributed by atoms with Gasteiger partial charge >= 0.3 is 6.09 Å². The smallest absolute Gasteiger partial charge is 0.440 e. The van der Waals surface area contributed by atoms with E-state index in [2.05, 4.69) is 28.0 Å². The van der Waals surface area contributed by atoms with Gasteiger partial charge in [-0.25, -0.2) is 13.3 Å². The lowest BCUT2D eigenvalue weighted by Gasteiger charge is -2.22. The first kappa shape index (κ1) is 39.0. The number of carbonyl (C=O) groups is 3. The van der Waals surface area contributed by atoms with Crippen LogP contribution in [0.2, 0.25) is 0 Å². The van der Waals surface area contributed by atoms with Crippen LogP contribution in [0.5, 0.6) is 23.0 Å². The second-order valence-electron chi connectivity index (χ2n) is 12.9. The molecular formula is C38H45N5O9S. The van der Waals surface area contributed by atoms with Crippen LogP contribution in [0.3, 0.4) is 0 Å². The SMILES string of the molecule is CCCCCCC(CN(C)S(=O)O)OC(=O)NOc1cc2c(Oc3ccc(NC(=O)C4(C(=O)Nc5ccc(C)cc5)CC4)cc3)ccnc2cc1OC. The summed E-state index contributed by atoms with van der Waals surface area (Å²) >= 11 is -2.21. The number of nitrogens with one attached hydrogen (secondary N) is 3. The van der Waals surface area contributed by atoms with Crippen molar-refractivity contribution in [2.45, 2.75) is 64.9 Å². The lowest BCUT2D eigenvalue weighted by atomic mass is 10.0. The molecule has 4 N–H and O–H groups in total. The van der Waals surface area contributed by atoms with Gasteiger partial charge in [0, 0.05) is 42.1 Å². The maximum Gasteiger partial charge on any atom is 0.440 e. The number of pyridine rings is 1. The van der Waals surface area contributed by atoms with Gasteiger partial charge < -0.3 is 29.7 Å². The number of carbonyl (C=O) groups excluding carboxylic acids is 3. The Morgan fingerprint density at radius 3 is 2.19 bits per heavy atom. The van der Waals surface area contributed by atoms with Crippen molar-refractivity contribution in [2.75, 3.05) is 31.3 Å². The van der Waals surface area contributed by atoms with Gasteiger partial charge in [0.1, 0.15) is 23.0 Å². The third kappa shape index (κ3) is 10.4. The molecule has 2 unspecified atom stereocenters. The number of ether oxygens (including phenoxy) is 3. The number of benzene rings is 3. The van der Waals surface area contributed by atoms with Crippen LogP contribution in [0.25, 0.3) is 10.9 Å². The molecule has 1 aliphatic carbocycles. The van der Waals surface area contributed by atoms with Crippen LogP contribution in [-0.4, -0.2) is 62.8 Å². The van der Waals surface area contributed by atoms with Crippen molar-refractivity contribution in [3.63, 3.8) is 0 Å². The molecule has 1 saturated carbocycles. The number of fused-ring (bicyclic) bond motifs is 1. The van der Waals surface area contributed by atoms with Crippen molar-refractivity contribution in [1.29, 1.82) is 0 Å². The number of rotatable bonds is 18. The lowest BCUT2D eigenvalue weighted by molar-refractivity contribution is -0.131. The van der Waals surface area contributed by atoms with Gasteiger partial charge in [-0.05, 0) is 75.1 Å². The molecule has 1 fully saturated rings. The van der Waals surface area contributed by atoms with Crippen molar-refractivity contribution in [3.05, 3.63) is 78.5 Å². The van der Waals surface area contributed by atoms with E-state index in [1.165, 1.54) is 18.5 Å². The molecule has 3 amide bonds. The Hall–Kier alpha value is -5.25. The zero-order chi connectivity index (χ0) is 38.0. The molecule has 14 nitrogen and oxygen atoms in total. The minimum absolute atomic E-state index is 0.0636. The number of unbranched alkanes of at least 4 members (excludes halogenated alkanes) is 3. The molecule has 0 saturated heterocycles. The highest BCUT2D eigenvalue weighted by atomic mass is 32.2. The standard InChI is InChI=1S/C38H45N5O9S/c1-5-6-7-8-9-29(24-43(3)53(47)48)51-37(46)42-52-34-22-30-31(23-33(34)49-4)39-21-18-32(30)50-28-16-14-27(15-17-28)41-36(45)38(19-20-38)35(44)40-26-12-10-25(2)11-13-26/h10-18,21-23,29H,5-9,19-20,24H2,1-4H3,(H,40,44)(H,41,45)(H,42,46)(H,47,48). The molecule has 4 aromatic rings. The normalized spacial score (nSPS) is 14.2. The summed E-state index contributed by atoms with van der Waals surface area (Å²) < 4.78 is 39.3. The Bertz CT molecular complexity index is 1920. The number of aryl methyl sites for hydroxylation is 1. The van der Waals surface area contributed by atoms with Crippen molar-refractivity contribution in [3.8, 4) is 23.0 Å². The number of anilines is 2. The number of likely N-dealkylation sites (N-methyl/N-ethyl adjacent to an activating group) is 1. The molecule has 15 heteroatoms. The van der Waals surface area contributed by atoms with Crippen molar-refractivity contribution < 1.29 is 42.2 Å². The van der Waals surface area contributed by atoms with Crippen LogP contribution in [0.4, 0.5) is 16.2 Å². The fourth-order valence-corrected chi connectivity index (χ4v) is 5.91. The van der Waals surface area contributed by atoms with Crippen molar-refractivity contribution >= 4 is 51.5 Å². The third-order valence-corrected chi connectivity index (χ3v) is 9.56. The van der Waals surface area contributed by atoms with E-state index in [1.807, 2.05) is 31.2 Å². The summed E-state index contributed by atoms with van der Waals surface area (Å²) in [6, 6.07) is 19.1. The van der Waals surface area contributed by atoms with E-state index in [1.54, 1.807) is 48.7 Å². The quantitative estimate of drug-likeness (QED) is 0.0354. The Labute approximate surface area is 310 Å². The summed E-state index contributed by atoms with van der Waals surface area (Å²) in [5.41, 5.74) is 3.92. The van der Waals surface area contributed by atoms with Crippen LogP contribution in [-0.2, 0) is 25.6 Å². The van der Waals surface area contributed by atoms with E-state index in [-0.39, 0.29) is 29.9 Å². The molecule has 0 spiro atoms. The van der Waals surface area contributed by atoms with Gasteiger partial charge in [0.15, 0.2) is 11.5 Å². The minimum atomic E-state index is -2.21. The summed E-state index contributed by atoms with van der Waals surface area (Å²) in [6.07, 6.45) is 5.32. The Kier molecular flexibility index (Phi) is 13.2. The molecule has 1 heterocycles. The first-order chi connectivity index (χ1) is 25.5. The third-order valence-electron chi connectivity index (χ3n) is 8.88. The fourth-order valence-electron chi connectivity index (χ4n) is 5.62. The molecule has 3 aromatic carbocycles. The minimum Gasteiger partial charge on any atom is -0.493 e. The number of nitrogens with zero attached hydrogens (tertiary/aromatic N) is 2. The van der Waals surface area contributed by atoms with E-state index >= 15 is 0 Å². The predicted octanol–water partition coefficient (Wildman–Crippen LogP) is 7.13. The molecule has 2 atom stereocenters. The molecule has 0 aliphatic heterocycles. The zero-order valence-electron chi connectivity index (χ0n) is 30.2. The maximum absolute atomic E-state index is 13.2. The second-order valence-corrected chi connectivity index (χ2v) is 14.0. The van der Waals surface area contributed by atoms with Crippen LogP contribution in [0, 0.1) is 12.3 Å². The maximum atomic E-state index is 13.2. The van der Waals surface area contributed by atoms with Gasteiger partial charge in [-0.3, -0.25) is 19.1 Å². The fraction of sp³-hybridized carbons (Fsp3) is 0.368. The summed E-state index contributed by atoms with van der Waals surface area (Å²) in [5.74, 6) is 0.635. The second kappa shape index (κ2) is 18.0. The Morgan fingerprint density at radius 2 is 1.58 bits per heavy atom. The first-order valence-electron chi connectivity index (χ1n) is 17.4. The number of amides is 3. The number of hydrogen-bond donors (Lipinski definition) is 4. The molecule has 282 valence electrons. The summed E-state index contributed by atoms with van der Waals surface area (Å²) in [4.78, 5) is 49.0. The average Bonchev–Trinajstić information content (AvgIpc) is 3.97. The van der Waals surface area contributed by atoms with Crippen LogP contribution < -0.4 is 30.4 Å². The number of hydrogen-bond acceptors (Lipinski definition) is 9.